The largest absolute Gasteiger partial charge is 0.353 e. The first-order valence-corrected chi connectivity index (χ1v) is 3.67. The molecule has 0 bridgehead atoms. The van der Waals surface area contributed by atoms with Gasteiger partial charge in [0.15, 0.2) is 24.1 Å². The fourth-order valence-corrected chi connectivity index (χ4v) is 0.931. The lowest BCUT2D eigenvalue weighted by molar-refractivity contribution is 0.108. The summed E-state index contributed by atoms with van der Waals surface area (Å²) in [7, 11) is 0. The van der Waals surface area contributed by atoms with Crippen LogP contribution in [0.3, 0.4) is 0 Å². The molecule has 0 N–H and O–H groups in total. The van der Waals surface area contributed by atoms with Gasteiger partial charge in [-0.25, -0.2) is 0 Å². The van der Waals surface area contributed by atoms with Crippen LogP contribution in [0.25, 0.3) is 11.4 Å². The highest BCUT2D eigenvalue weighted by Gasteiger charge is 2.10. The summed E-state index contributed by atoms with van der Waals surface area (Å²) < 4.78 is 9.25. The van der Waals surface area contributed by atoms with Crippen LogP contribution in [0.2, 0.25) is 0 Å². The molecular weight excluding hydrogens is 188 g/mol. The zero-order chi connectivity index (χ0) is 9.97. The van der Waals surface area contributed by atoms with Crippen LogP contribution in [0.15, 0.2) is 21.2 Å². The highest BCUT2D eigenvalue weighted by atomic mass is 16.5. The van der Waals surface area contributed by atoms with Crippen LogP contribution in [0.4, 0.5) is 0 Å². The van der Waals surface area contributed by atoms with Crippen molar-refractivity contribution >= 4 is 12.6 Å². The summed E-state index contributed by atoms with van der Waals surface area (Å²) in [5, 5.41) is 7.12. The standard InChI is InChI=1S/C8H4N2O4/c11-3-5-1-7(9-13-5)8-2-6(4-12)14-10-8/h1-4H. The second-order valence-electron chi connectivity index (χ2n) is 2.46. The molecule has 6 nitrogen and oxygen atoms in total. The molecule has 0 saturated carbocycles. The molecule has 0 radical (unpaired) electrons. The van der Waals surface area contributed by atoms with Gasteiger partial charge in [-0.15, -0.1) is 0 Å². The summed E-state index contributed by atoms with van der Waals surface area (Å²) in [6.45, 7) is 0. The van der Waals surface area contributed by atoms with E-state index in [1.165, 1.54) is 12.1 Å². The van der Waals surface area contributed by atoms with Crippen LogP contribution in [0.5, 0.6) is 0 Å². The Labute approximate surface area is 77.5 Å². The minimum Gasteiger partial charge on any atom is -0.353 e. The van der Waals surface area contributed by atoms with Crippen molar-refractivity contribution in [2.24, 2.45) is 0 Å². The molecule has 14 heavy (non-hydrogen) atoms. The minimum absolute atomic E-state index is 0.0932. The van der Waals surface area contributed by atoms with Gasteiger partial charge in [0.25, 0.3) is 0 Å². The van der Waals surface area contributed by atoms with Crippen LogP contribution in [-0.4, -0.2) is 22.9 Å². The van der Waals surface area contributed by atoms with Crippen LogP contribution in [-0.2, 0) is 0 Å². The predicted molar refractivity (Wildman–Crippen MR) is 42.8 cm³/mol. The van der Waals surface area contributed by atoms with E-state index >= 15 is 0 Å². The molecule has 0 aromatic carbocycles. The number of rotatable bonds is 3. The maximum absolute atomic E-state index is 10.3. The third-order valence-electron chi connectivity index (χ3n) is 1.55. The SMILES string of the molecule is O=Cc1cc(-c2cc(C=O)on2)no1. The highest BCUT2D eigenvalue weighted by molar-refractivity contribution is 5.75. The fraction of sp³-hybridized carbons (Fsp3) is 0. The van der Waals surface area contributed by atoms with Gasteiger partial charge in [0, 0.05) is 12.1 Å². The van der Waals surface area contributed by atoms with E-state index in [1.54, 1.807) is 0 Å². The van der Waals surface area contributed by atoms with Crippen molar-refractivity contribution in [3.8, 4) is 11.4 Å². The fourth-order valence-electron chi connectivity index (χ4n) is 0.931. The minimum atomic E-state index is 0.0932. The Bertz CT molecular complexity index is 427. The zero-order valence-electron chi connectivity index (χ0n) is 6.84. The van der Waals surface area contributed by atoms with Crippen molar-refractivity contribution in [1.29, 1.82) is 0 Å². The molecule has 0 saturated heterocycles. The maximum atomic E-state index is 10.3. The summed E-state index contributed by atoms with van der Waals surface area (Å²) in [5.41, 5.74) is 0.702. The van der Waals surface area contributed by atoms with Crippen molar-refractivity contribution in [2.45, 2.75) is 0 Å². The van der Waals surface area contributed by atoms with Crippen molar-refractivity contribution in [1.82, 2.24) is 10.3 Å². The monoisotopic (exact) mass is 192 g/mol. The molecule has 2 aromatic rings. The second kappa shape index (κ2) is 3.25. The van der Waals surface area contributed by atoms with E-state index in [2.05, 4.69) is 19.4 Å². The number of carbonyl (C=O) groups is 2. The molecule has 2 heterocycles. The summed E-state index contributed by atoms with van der Waals surface area (Å²) in [6.07, 6.45) is 1.05. The Morgan fingerprint density at radius 1 is 0.929 bits per heavy atom. The maximum Gasteiger partial charge on any atom is 0.199 e. The number of nitrogens with zero attached hydrogens (tertiary/aromatic N) is 2. The number of aldehydes is 2. The van der Waals surface area contributed by atoms with Gasteiger partial charge >= 0.3 is 0 Å². The number of aromatic nitrogens is 2. The molecule has 2 rings (SSSR count). The summed E-state index contributed by atoms with van der Waals surface area (Å²) in [4.78, 5) is 20.6. The molecule has 0 aliphatic rings. The van der Waals surface area contributed by atoms with Gasteiger partial charge in [-0.3, -0.25) is 9.59 Å². The Morgan fingerprint density at radius 3 is 1.64 bits per heavy atom. The first-order chi connectivity index (χ1) is 6.83. The lowest BCUT2D eigenvalue weighted by atomic mass is 10.3. The van der Waals surface area contributed by atoms with Crippen LogP contribution >= 0.6 is 0 Å². The van der Waals surface area contributed by atoms with Crippen molar-refractivity contribution in [3.05, 3.63) is 23.7 Å². The van der Waals surface area contributed by atoms with Gasteiger partial charge in [0.2, 0.25) is 0 Å². The van der Waals surface area contributed by atoms with E-state index in [1.807, 2.05) is 0 Å². The lowest BCUT2D eigenvalue weighted by Crippen LogP contribution is -1.74. The van der Waals surface area contributed by atoms with Gasteiger partial charge < -0.3 is 9.05 Å². The second-order valence-corrected chi connectivity index (χ2v) is 2.46. The highest BCUT2D eigenvalue weighted by Crippen LogP contribution is 2.17. The molecule has 0 aliphatic heterocycles. The van der Waals surface area contributed by atoms with Gasteiger partial charge in [-0.05, 0) is 0 Å². The van der Waals surface area contributed by atoms with Gasteiger partial charge in [-0.1, -0.05) is 10.3 Å². The van der Waals surface area contributed by atoms with Crippen molar-refractivity contribution in [3.63, 3.8) is 0 Å². The summed E-state index contributed by atoms with van der Waals surface area (Å²) in [6, 6.07) is 2.80. The van der Waals surface area contributed by atoms with Gasteiger partial charge in [0.1, 0.15) is 11.4 Å². The Morgan fingerprint density at radius 2 is 1.36 bits per heavy atom. The average molecular weight is 192 g/mol. The Balaban J connectivity index is 2.38. The molecule has 0 unspecified atom stereocenters. The topological polar surface area (TPSA) is 86.2 Å². The quantitative estimate of drug-likeness (QED) is 0.673. The molecule has 2 aromatic heterocycles. The van der Waals surface area contributed by atoms with Crippen molar-refractivity contribution < 1.29 is 18.6 Å². The molecule has 0 aliphatic carbocycles. The van der Waals surface area contributed by atoms with E-state index < -0.39 is 0 Å². The number of hydrogen-bond donors (Lipinski definition) is 0. The first-order valence-electron chi connectivity index (χ1n) is 3.67. The van der Waals surface area contributed by atoms with E-state index in [-0.39, 0.29) is 11.5 Å². The third kappa shape index (κ3) is 1.33. The average Bonchev–Trinajstić information content (AvgIpc) is 2.86. The normalized spacial score (nSPS) is 10.0. The van der Waals surface area contributed by atoms with Gasteiger partial charge in [-0.2, -0.15) is 0 Å². The molecule has 0 atom stereocenters. The number of hydrogen-bond acceptors (Lipinski definition) is 6. The first kappa shape index (κ1) is 8.36. The number of carbonyl (C=O) groups excluding carboxylic acids is 2. The third-order valence-corrected chi connectivity index (χ3v) is 1.55. The molecule has 6 heteroatoms. The van der Waals surface area contributed by atoms with E-state index in [0.717, 1.165) is 0 Å². The summed E-state index contributed by atoms with van der Waals surface area (Å²) >= 11 is 0. The summed E-state index contributed by atoms with van der Waals surface area (Å²) in [5.74, 6) is 0.186. The smallest absolute Gasteiger partial charge is 0.199 e. The molecular formula is C8H4N2O4. The van der Waals surface area contributed by atoms with E-state index in [9.17, 15) is 9.59 Å². The molecule has 70 valence electrons. The molecule has 0 spiro atoms. The molecule has 0 fully saturated rings. The van der Waals surface area contributed by atoms with E-state index in [4.69, 9.17) is 0 Å². The van der Waals surface area contributed by atoms with Crippen LogP contribution in [0, 0.1) is 0 Å². The Hall–Kier alpha value is -2.24. The van der Waals surface area contributed by atoms with Gasteiger partial charge in [0.05, 0.1) is 0 Å². The zero-order valence-corrected chi connectivity index (χ0v) is 6.84. The van der Waals surface area contributed by atoms with Crippen molar-refractivity contribution in [2.75, 3.05) is 0 Å². The lowest BCUT2D eigenvalue weighted by Gasteiger charge is -1.78. The predicted octanol–water partition coefficient (Wildman–Crippen LogP) is 0.955. The van der Waals surface area contributed by atoms with Crippen LogP contribution < -0.4 is 0 Å². The Kier molecular flexibility index (Phi) is 1.94. The van der Waals surface area contributed by atoms with E-state index in [0.29, 0.717) is 24.0 Å². The van der Waals surface area contributed by atoms with Crippen LogP contribution in [0.1, 0.15) is 21.1 Å². The molecule has 0 amide bonds.